The number of esters is 1. The van der Waals surface area contributed by atoms with E-state index in [0.29, 0.717) is 22.2 Å². The van der Waals surface area contributed by atoms with E-state index in [2.05, 4.69) is 4.98 Å². The Bertz CT molecular complexity index is 995. The number of carbonyl (C=O) groups is 2. The van der Waals surface area contributed by atoms with Gasteiger partial charge in [0.25, 0.3) is 0 Å². The third-order valence-electron chi connectivity index (χ3n) is 4.25. The molecule has 150 valence electrons. The molecule has 0 saturated heterocycles. The maximum absolute atomic E-state index is 13.2. The average Bonchev–Trinajstić information content (AvgIpc) is 2.76. The molecular formula is C22H21FN2O4. The van der Waals surface area contributed by atoms with Crippen molar-refractivity contribution in [2.45, 2.75) is 20.2 Å². The summed E-state index contributed by atoms with van der Waals surface area (Å²) in [5.41, 5.74) is 2.23. The maximum atomic E-state index is 13.2. The second-order valence-electron chi connectivity index (χ2n) is 6.25. The van der Waals surface area contributed by atoms with Crippen molar-refractivity contribution in [2.75, 3.05) is 18.1 Å². The van der Waals surface area contributed by atoms with Crippen molar-refractivity contribution in [1.82, 2.24) is 4.98 Å². The fraction of sp³-hybridized carbons (Fsp3) is 0.227. The molecule has 7 heteroatoms. The van der Waals surface area contributed by atoms with Crippen LogP contribution in [0.2, 0.25) is 0 Å². The number of ether oxygens (including phenoxy) is 2. The summed E-state index contributed by atoms with van der Waals surface area (Å²) in [4.78, 5) is 30.4. The van der Waals surface area contributed by atoms with Gasteiger partial charge in [-0.2, -0.15) is 0 Å². The van der Waals surface area contributed by atoms with Crippen LogP contribution in [0.4, 0.5) is 14.9 Å². The van der Waals surface area contributed by atoms with Crippen LogP contribution >= 0.6 is 0 Å². The number of halogens is 1. The number of benzene rings is 2. The first kappa shape index (κ1) is 20.3. The van der Waals surface area contributed by atoms with Crippen LogP contribution in [0.15, 0.2) is 60.8 Å². The summed E-state index contributed by atoms with van der Waals surface area (Å²) in [6.45, 7) is 0.943. The Morgan fingerprint density at radius 3 is 2.55 bits per heavy atom. The first-order valence-corrected chi connectivity index (χ1v) is 9.19. The van der Waals surface area contributed by atoms with Gasteiger partial charge in [0.1, 0.15) is 19.8 Å². The van der Waals surface area contributed by atoms with E-state index >= 15 is 0 Å². The van der Waals surface area contributed by atoms with Gasteiger partial charge >= 0.3 is 12.1 Å². The van der Waals surface area contributed by atoms with Crippen molar-refractivity contribution in [3.05, 3.63) is 71.9 Å². The molecule has 1 aromatic heterocycles. The second kappa shape index (κ2) is 9.64. The molecule has 0 bridgehead atoms. The van der Waals surface area contributed by atoms with Crippen molar-refractivity contribution in [1.29, 1.82) is 0 Å². The summed E-state index contributed by atoms with van der Waals surface area (Å²) < 4.78 is 23.6. The Hall–Kier alpha value is -3.48. The number of hydrogen-bond donors (Lipinski definition) is 0. The van der Waals surface area contributed by atoms with Gasteiger partial charge in [0.05, 0.1) is 17.8 Å². The molecule has 0 spiro atoms. The molecule has 0 unspecified atom stereocenters. The number of anilines is 1. The van der Waals surface area contributed by atoms with Gasteiger partial charge in [-0.3, -0.25) is 14.7 Å². The third kappa shape index (κ3) is 5.07. The monoisotopic (exact) mass is 396 g/mol. The summed E-state index contributed by atoms with van der Waals surface area (Å²) in [6, 6.07) is 15.7. The van der Waals surface area contributed by atoms with Crippen molar-refractivity contribution < 1.29 is 23.5 Å². The van der Waals surface area contributed by atoms with E-state index < -0.39 is 18.7 Å². The van der Waals surface area contributed by atoms with Crippen LogP contribution in [-0.4, -0.2) is 30.2 Å². The quantitative estimate of drug-likeness (QED) is 0.554. The first-order chi connectivity index (χ1) is 14.1. The molecule has 2 aromatic carbocycles. The zero-order valence-electron chi connectivity index (χ0n) is 16.0. The Kier molecular flexibility index (Phi) is 6.73. The lowest BCUT2D eigenvalue weighted by Gasteiger charge is -2.23. The van der Waals surface area contributed by atoms with Gasteiger partial charge in [0.2, 0.25) is 0 Å². The van der Waals surface area contributed by atoms with E-state index in [4.69, 9.17) is 9.47 Å². The largest absolute Gasteiger partial charge is 0.465 e. The second-order valence-corrected chi connectivity index (χ2v) is 6.25. The molecule has 3 aromatic rings. The zero-order valence-corrected chi connectivity index (χ0v) is 16.0. The standard InChI is InChI=1S/C22H21FN2O4/c1-2-28-21(26)14-25(22(27)29-15-16-6-4-3-5-7-16)20-10-11-24-19-9-8-17(13-23)12-18(19)20/h3-12H,2,13-15H2,1H3. The van der Waals surface area contributed by atoms with Gasteiger partial charge in [-0.05, 0) is 36.2 Å². The van der Waals surface area contributed by atoms with Crippen molar-refractivity contribution in [3.63, 3.8) is 0 Å². The van der Waals surface area contributed by atoms with Gasteiger partial charge in [-0.1, -0.05) is 36.4 Å². The van der Waals surface area contributed by atoms with Gasteiger partial charge in [0, 0.05) is 11.6 Å². The minimum atomic E-state index is -0.708. The number of nitrogens with zero attached hydrogens (tertiary/aromatic N) is 2. The van der Waals surface area contributed by atoms with Crippen LogP contribution in [0.3, 0.4) is 0 Å². The highest BCUT2D eigenvalue weighted by Gasteiger charge is 2.23. The summed E-state index contributed by atoms with van der Waals surface area (Å²) >= 11 is 0. The maximum Gasteiger partial charge on any atom is 0.415 e. The molecule has 1 heterocycles. The fourth-order valence-electron chi connectivity index (χ4n) is 2.88. The van der Waals surface area contributed by atoms with Gasteiger partial charge in [0.15, 0.2) is 0 Å². The number of aromatic nitrogens is 1. The number of pyridine rings is 1. The summed E-state index contributed by atoms with van der Waals surface area (Å²) in [5, 5.41) is 0.545. The Morgan fingerprint density at radius 1 is 1.03 bits per heavy atom. The van der Waals surface area contributed by atoms with Crippen LogP contribution in [0.25, 0.3) is 10.9 Å². The molecule has 29 heavy (non-hydrogen) atoms. The molecule has 1 amide bonds. The van der Waals surface area contributed by atoms with Crippen molar-refractivity contribution in [2.24, 2.45) is 0 Å². The molecule has 0 radical (unpaired) electrons. The zero-order chi connectivity index (χ0) is 20.6. The Morgan fingerprint density at radius 2 is 1.83 bits per heavy atom. The van der Waals surface area contributed by atoms with Crippen LogP contribution in [0.1, 0.15) is 18.1 Å². The summed E-state index contributed by atoms with van der Waals surface area (Å²) in [7, 11) is 0. The normalized spacial score (nSPS) is 10.6. The Balaban J connectivity index is 1.93. The molecule has 6 nitrogen and oxygen atoms in total. The van der Waals surface area contributed by atoms with Crippen LogP contribution in [0, 0.1) is 0 Å². The van der Waals surface area contributed by atoms with E-state index in [1.54, 1.807) is 31.2 Å². The van der Waals surface area contributed by atoms with Crippen molar-refractivity contribution in [3.8, 4) is 0 Å². The smallest absolute Gasteiger partial charge is 0.415 e. The van der Waals surface area contributed by atoms with E-state index in [0.717, 1.165) is 5.56 Å². The van der Waals surface area contributed by atoms with E-state index in [9.17, 15) is 14.0 Å². The summed E-state index contributed by atoms with van der Waals surface area (Å²) in [6.07, 6.45) is 0.815. The SMILES string of the molecule is CCOC(=O)CN(C(=O)OCc1ccccc1)c1ccnc2ccc(CF)cc12. The lowest BCUT2D eigenvalue weighted by Crippen LogP contribution is -2.37. The van der Waals surface area contributed by atoms with Gasteiger partial charge < -0.3 is 9.47 Å². The number of carbonyl (C=O) groups excluding carboxylic acids is 2. The average molecular weight is 396 g/mol. The molecule has 0 aliphatic heterocycles. The van der Waals surface area contributed by atoms with Crippen molar-refractivity contribution >= 4 is 28.7 Å². The highest BCUT2D eigenvalue weighted by molar-refractivity contribution is 6.02. The fourth-order valence-corrected chi connectivity index (χ4v) is 2.88. The van der Waals surface area contributed by atoms with E-state index in [-0.39, 0.29) is 19.8 Å². The topological polar surface area (TPSA) is 68.7 Å². The Labute approximate surface area is 167 Å². The lowest BCUT2D eigenvalue weighted by atomic mass is 10.1. The van der Waals surface area contributed by atoms with Crippen LogP contribution in [-0.2, 0) is 27.5 Å². The van der Waals surface area contributed by atoms with Crippen LogP contribution in [0.5, 0.6) is 0 Å². The third-order valence-corrected chi connectivity index (χ3v) is 4.25. The van der Waals surface area contributed by atoms with Gasteiger partial charge in [-0.25, -0.2) is 9.18 Å². The molecule has 0 saturated carbocycles. The predicted molar refractivity (Wildman–Crippen MR) is 107 cm³/mol. The lowest BCUT2D eigenvalue weighted by molar-refractivity contribution is -0.141. The number of alkyl halides is 1. The molecule has 0 N–H and O–H groups in total. The number of rotatable bonds is 7. The first-order valence-electron chi connectivity index (χ1n) is 9.19. The molecule has 0 fully saturated rings. The molecule has 0 aliphatic rings. The van der Waals surface area contributed by atoms with E-state index in [1.807, 2.05) is 30.3 Å². The predicted octanol–water partition coefficient (Wildman–Crippen LogP) is 4.41. The van der Waals surface area contributed by atoms with E-state index in [1.165, 1.54) is 11.1 Å². The molecule has 0 aliphatic carbocycles. The molecule has 0 atom stereocenters. The van der Waals surface area contributed by atoms with Crippen LogP contribution < -0.4 is 4.90 Å². The molecular weight excluding hydrogens is 375 g/mol. The minimum absolute atomic E-state index is 0.0533. The highest BCUT2D eigenvalue weighted by atomic mass is 19.1. The number of amides is 1. The summed E-state index contributed by atoms with van der Waals surface area (Å²) in [5.74, 6) is -0.573. The van der Waals surface area contributed by atoms with Gasteiger partial charge in [-0.15, -0.1) is 0 Å². The molecule has 3 rings (SSSR count). The highest BCUT2D eigenvalue weighted by Crippen LogP contribution is 2.27. The number of fused-ring (bicyclic) bond motifs is 1. The number of hydrogen-bond acceptors (Lipinski definition) is 5. The minimum Gasteiger partial charge on any atom is -0.465 e.